The average Bonchev–Trinajstić information content (AvgIpc) is 2.83. The maximum Gasteiger partial charge on any atom is 0.284 e. The quantitative estimate of drug-likeness (QED) is 0.649. The molecule has 2 N–H and O–H groups in total. The largest absolute Gasteiger partial charge is 0.438 e. The number of nitrogen functional groups attached to an aromatic ring is 1. The highest BCUT2D eigenvalue weighted by Crippen LogP contribution is 2.26. The van der Waals surface area contributed by atoms with E-state index in [1.165, 1.54) is 0 Å². The SMILES string of the molecule is Cc1nc(-c2nc3cc(N)ccc3o2)oc1C. The molecule has 5 heteroatoms. The topological polar surface area (TPSA) is 78.1 Å². The van der Waals surface area contributed by atoms with Crippen molar-refractivity contribution in [3.05, 3.63) is 29.7 Å². The molecular weight excluding hydrogens is 218 g/mol. The second-order valence-corrected chi connectivity index (χ2v) is 3.91. The number of aryl methyl sites for hydroxylation is 2. The predicted molar refractivity (Wildman–Crippen MR) is 63.4 cm³/mol. The zero-order valence-corrected chi connectivity index (χ0v) is 9.52. The molecule has 0 amide bonds. The fraction of sp³-hybridized carbons (Fsp3) is 0.167. The van der Waals surface area contributed by atoms with Crippen LogP contribution in [0.1, 0.15) is 11.5 Å². The van der Waals surface area contributed by atoms with Crippen molar-refractivity contribution in [2.24, 2.45) is 0 Å². The number of anilines is 1. The van der Waals surface area contributed by atoms with E-state index in [0.29, 0.717) is 28.6 Å². The van der Waals surface area contributed by atoms with Crippen molar-refractivity contribution in [3.63, 3.8) is 0 Å². The summed E-state index contributed by atoms with van der Waals surface area (Å²) in [6.45, 7) is 3.73. The lowest BCUT2D eigenvalue weighted by molar-refractivity contribution is 0.506. The van der Waals surface area contributed by atoms with Crippen LogP contribution >= 0.6 is 0 Å². The van der Waals surface area contributed by atoms with Gasteiger partial charge in [0, 0.05) is 5.69 Å². The van der Waals surface area contributed by atoms with Gasteiger partial charge in [-0.15, -0.1) is 0 Å². The Balaban J connectivity index is 2.17. The number of rotatable bonds is 1. The third-order valence-electron chi connectivity index (χ3n) is 2.62. The van der Waals surface area contributed by atoms with Crippen LogP contribution in [0.15, 0.2) is 27.0 Å². The van der Waals surface area contributed by atoms with E-state index in [4.69, 9.17) is 14.6 Å². The molecule has 0 atom stereocenters. The Labute approximate surface area is 97.3 Å². The van der Waals surface area contributed by atoms with Gasteiger partial charge in [-0.1, -0.05) is 0 Å². The second kappa shape index (κ2) is 3.35. The van der Waals surface area contributed by atoms with Gasteiger partial charge in [-0.05, 0) is 32.0 Å². The molecule has 3 rings (SSSR count). The van der Waals surface area contributed by atoms with Crippen molar-refractivity contribution in [1.29, 1.82) is 0 Å². The minimum atomic E-state index is 0.377. The Hall–Kier alpha value is -2.30. The Kier molecular flexibility index (Phi) is 1.95. The number of nitrogens with two attached hydrogens (primary N) is 1. The molecule has 17 heavy (non-hydrogen) atoms. The predicted octanol–water partition coefficient (Wildman–Crippen LogP) is 2.68. The molecule has 5 nitrogen and oxygen atoms in total. The highest BCUT2D eigenvalue weighted by Gasteiger charge is 2.15. The maximum atomic E-state index is 5.68. The molecule has 0 bridgehead atoms. The molecule has 0 saturated heterocycles. The van der Waals surface area contributed by atoms with Crippen LogP contribution in [0, 0.1) is 13.8 Å². The number of hydrogen-bond acceptors (Lipinski definition) is 5. The summed E-state index contributed by atoms with van der Waals surface area (Å²) in [7, 11) is 0. The van der Waals surface area contributed by atoms with Crippen molar-refractivity contribution < 1.29 is 8.83 Å². The summed E-state index contributed by atoms with van der Waals surface area (Å²) >= 11 is 0. The normalized spacial score (nSPS) is 11.2. The molecule has 0 aliphatic carbocycles. The Morgan fingerprint density at radius 1 is 1.06 bits per heavy atom. The van der Waals surface area contributed by atoms with Gasteiger partial charge in [-0.25, -0.2) is 9.97 Å². The zero-order chi connectivity index (χ0) is 12.0. The molecule has 2 aromatic heterocycles. The van der Waals surface area contributed by atoms with Gasteiger partial charge in [0.05, 0.1) is 5.69 Å². The van der Waals surface area contributed by atoms with Crippen molar-refractivity contribution in [3.8, 4) is 11.8 Å². The zero-order valence-electron chi connectivity index (χ0n) is 9.52. The minimum absolute atomic E-state index is 0.377. The van der Waals surface area contributed by atoms with Gasteiger partial charge < -0.3 is 14.6 Å². The Morgan fingerprint density at radius 2 is 1.82 bits per heavy atom. The van der Waals surface area contributed by atoms with E-state index in [1.54, 1.807) is 18.2 Å². The van der Waals surface area contributed by atoms with Gasteiger partial charge in [0.1, 0.15) is 11.3 Å². The molecule has 0 fully saturated rings. The third kappa shape index (κ3) is 1.56. The average molecular weight is 229 g/mol. The monoisotopic (exact) mass is 229 g/mol. The van der Waals surface area contributed by atoms with Crippen molar-refractivity contribution in [1.82, 2.24) is 9.97 Å². The lowest BCUT2D eigenvalue weighted by Crippen LogP contribution is -1.82. The van der Waals surface area contributed by atoms with Gasteiger partial charge in [0.15, 0.2) is 5.58 Å². The number of aromatic nitrogens is 2. The van der Waals surface area contributed by atoms with Gasteiger partial charge in [-0.2, -0.15) is 0 Å². The second-order valence-electron chi connectivity index (χ2n) is 3.91. The smallest absolute Gasteiger partial charge is 0.284 e. The van der Waals surface area contributed by atoms with E-state index in [9.17, 15) is 0 Å². The fourth-order valence-electron chi connectivity index (χ4n) is 1.60. The van der Waals surface area contributed by atoms with Gasteiger partial charge in [-0.3, -0.25) is 0 Å². The number of nitrogens with zero attached hydrogens (tertiary/aromatic N) is 2. The van der Waals surface area contributed by atoms with E-state index >= 15 is 0 Å². The summed E-state index contributed by atoms with van der Waals surface area (Å²) in [5, 5.41) is 0. The maximum absolute atomic E-state index is 5.68. The molecular formula is C12H11N3O2. The summed E-state index contributed by atoms with van der Waals surface area (Å²) in [5.74, 6) is 1.54. The summed E-state index contributed by atoms with van der Waals surface area (Å²) in [5.41, 5.74) is 8.54. The van der Waals surface area contributed by atoms with Crippen LogP contribution in [0.2, 0.25) is 0 Å². The molecule has 3 aromatic rings. The van der Waals surface area contributed by atoms with Gasteiger partial charge >= 0.3 is 0 Å². The first-order valence-electron chi connectivity index (χ1n) is 5.24. The van der Waals surface area contributed by atoms with E-state index in [2.05, 4.69) is 9.97 Å². The van der Waals surface area contributed by atoms with Crippen LogP contribution in [0.4, 0.5) is 5.69 Å². The first-order valence-corrected chi connectivity index (χ1v) is 5.24. The summed E-state index contributed by atoms with van der Waals surface area (Å²) in [6, 6.07) is 5.30. The molecule has 0 aliphatic heterocycles. The fourth-order valence-corrected chi connectivity index (χ4v) is 1.60. The Morgan fingerprint density at radius 3 is 2.53 bits per heavy atom. The van der Waals surface area contributed by atoms with Crippen LogP contribution in [0.3, 0.4) is 0 Å². The molecule has 0 saturated carbocycles. The molecule has 2 heterocycles. The molecule has 0 unspecified atom stereocenters. The molecule has 0 spiro atoms. The van der Waals surface area contributed by atoms with Crippen molar-refractivity contribution in [2.75, 3.05) is 5.73 Å². The molecule has 1 aromatic carbocycles. The van der Waals surface area contributed by atoms with Gasteiger partial charge in [0.2, 0.25) is 0 Å². The summed E-state index contributed by atoms with van der Waals surface area (Å²) in [6.07, 6.45) is 0. The first kappa shape index (κ1) is 9.89. The summed E-state index contributed by atoms with van der Waals surface area (Å²) in [4.78, 5) is 8.54. The van der Waals surface area contributed by atoms with E-state index in [1.807, 2.05) is 13.8 Å². The van der Waals surface area contributed by atoms with E-state index in [0.717, 1.165) is 11.5 Å². The molecule has 0 aliphatic rings. The van der Waals surface area contributed by atoms with Crippen molar-refractivity contribution >= 4 is 16.8 Å². The Bertz CT molecular complexity index is 677. The van der Waals surface area contributed by atoms with Crippen LogP contribution in [0.25, 0.3) is 22.9 Å². The van der Waals surface area contributed by atoms with Crippen LogP contribution in [0.5, 0.6) is 0 Å². The van der Waals surface area contributed by atoms with Crippen LogP contribution < -0.4 is 5.73 Å². The third-order valence-corrected chi connectivity index (χ3v) is 2.62. The number of fused-ring (bicyclic) bond motifs is 1. The van der Waals surface area contributed by atoms with Crippen molar-refractivity contribution in [2.45, 2.75) is 13.8 Å². The minimum Gasteiger partial charge on any atom is -0.438 e. The lowest BCUT2D eigenvalue weighted by Gasteiger charge is -1.88. The highest BCUT2D eigenvalue weighted by molar-refractivity contribution is 5.78. The van der Waals surface area contributed by atoms with Crippen LogP contribution in [-0.4, -0.2) is 9.97 Å². The van der Waals surface area contributed by atoms with E-state index in [-0.39, 0.29) is 0 Å². The molecule has 86 valence electrons. The number of hydrogen-bond donors (Lipinski definition) is 1. The number of oxazole rings is 2. The van der Waals surface area contributed by atoms with E-state index < -0.39 is 0 Å². The highest BCUT2D eigenvalue weighted by atomic mass is 16.4. The number of benzene rings is 1. The van der Waals surface area contributed by atoms with Crippen LogP contribution in [-0.2, 0) is 0 Å². The standard InChI is InChI=1S/C12H11N3O2/c1-6-7(2)16-11(14-6)12-15-9-5-8(13)3-4-10(9)17-12/h3-5H,13H2,1-2H3. The molecule has 0 radical (unpaired) electrons. The summed E-state index contributed by atoms with van der Waals surface area (Å²) < 4.78 is 11.0. The van der Waals surface area contributed by atoms with Gasteiger partial charge in [0.25, 0.3) is 11.8 Å². The first-order chi connectivity index (χ1) is 8.13. The lowest BCUT2D eigenvalue weighted by atomic mass is 10.3.